The van der Waals surface area contributed by atoms with Gasteiger partial charge in [0.2, 0.25) is 11.3 Å². The third-order valence-electron chi connectivity index (χ3n) is 4.38. The second-order valence-electron chi connectivity index (χ2n) is 5.87. The van der Waals surface area contributed by atoms with Crippen LogP contribution in [-0.2, 0) is 14.1 Å². The summed E-state index contributed by atoms with van der Waals surface area (Å²) in [6.07, 6.45) is 0. The van der Waals surface area contributed by atoms with Crippen molar-refractivity contribution < 1.29 is 9.13 Å². The number of nitrogens with two attached hydrogens (primary N) is 1. The van der Waals surface area contributed by atoms with Crippen molar-refractivity contribution in [3.63, 3.8) is 0 Å². The maximum absolute atomic E-state index is 5.92. The zero-order chi connectivity index (χ0) is 16.7. The van der Waals surface area contributed by atoms with Crippen molar-refractivity contribution in [3.05, 3.63) is 41.3 Å². The highest BCUT2D eigenvalue weighted by atomic mass is 15.2. The average molecular weight is 310 g/mol. The normalized spacial score (nSPS) is 11.0. The fourth-order valence-corrected chi connectivity index (χ4v) is 2.57. The molecule has 0 saturated heterocycles. The number of fused-ring (bicyclic) bond motifs is 1. The van der Waals surface area contributed by atoms with Crippen LogP contribution in [0.5, 0.6) is 0 Å². The number of nitrogens with one attached hydrogen (secondary N) is 1. The number of rotatable bonds is 2. The number of benzene rings is 1. The first kappa shape index (κ1) is 15.1. The molecule has 0 saturated carbocycles. The van der Waals surface area contributed by atoms with Crippen LogP contribution in [-0.4, -0.2) is 9.97 Å². The summed E-state index contributed by atoms with van der Waals surface area (Å²) in [5.41, 5.74) is 12.2. The van der Waals surface area contributed by atoms with E-state index in [1.165, 1.54) is 0 Å². The Morgan fingerprint density at radius 1 is 1.00 bits per heavy atom. The summed E-state index contributed by atoms with van der Waals surface area (Å²) in [6, 6.07) is 8.07. The highest BCUT2D eigenvalue weighted by molar-refractivity contribution is 5.77. The maximum atomic E-state index is 5.92. The first-order valence-corrected chi connectivity index (χ1v) is 7.54. The third kappa shape index (κ3) is 2.67. The summed E-state index contributed by atoms with van der Waals surface area (Å²) in [5.74, 6) is 1.21. The van der Waals surface area contributed by atoms with Crippen LogP contribution in [0.4, 0.5) is 17.5 Å². The largest absolute Gasteiger partial charge is 0.391 e. The molecule has 0 unspecified atom stereocenters. The molecule has 3 aromatic rings. The topological polar surface area (TPSA) is 71.6 Å². The Labute approximate surface area is 135 Å². The summed E-state index contributed by atoms with van der Waals surface area (Å²) in [4.78, 5) is 9.01. The lowest BCUT2D eigenvalue weighted by atomic mass is 10.2. The number of aromatic nitrogens is 4. The lowest BCUT2D eigenvalue weighted by Gasteiger charge is -2.07. The number of hydrogen-bond donors (Lipinski definition) is 2. The van der Waals surface area contributed by atoms with Crippen LogP contribution >= 0.6 is 0 Å². The Bertz CT molecular complexity index is 894. The number of nitrogens with zero attached hydrogens (tertiary/aromatic N) is 4. The van der Waals surface area contributed by atoms with E-state index in [0.717, 1.165) is 39.6 Å². The molecular formula is C17H22N6+2. The molecule has 0 radical (unpaired) electrons. The molecule has 0 bridgehead atoms. The van der Waals surface area contributed by atoms with Gasteiger partial charge in [0.1, 0.15) is 18.3 Å². The minimum atomic E-state index is 0.479. The molecule has 0 spiro atoms. The lowest BCUT2D eigenvalue weighted by molar-refractivity contribution is -0.665. The Morgan fingerprint density at radius 3 is 2.43 bits per heavy atom. The molecule has 3 N–H and O–H groups in total. The average Bonchev–Trinajstić information content (AvgIpc) is 2.51. The second kappa shape index (κ2) is 5.46. The van der Waals surface area contributed by atoms with Gasteiger partial charge in [0.15, 0.2) is 5.69 Å². The Balaban J connectivity index is 2.04. The van der Waals surface area contributed by atoms with Gasteiger partial charge in [0.05, 0.1) is 12.7 Å². The zero-order valence-corrected chi connectivity index (χ0v) is 14.2. The van der Waals surface area contributed by atoms with E-state index >= 15 is 0 Å². The first-order chi connectivity index (χ1) is 10.9. The van der Waals surface area contributed by atoms with E-state index in [9.17, 15) is 0 Å². The van der Waals surface area contributed by atoms with Crippen LogP contribution in [0.15, 0.2) is 24.3 Å². The van der Waals surface area contributed by atoms with Crippen molar-refractivity contribution in [3.8, 4) is 0 Å². The van der Waals surface area contributed by atoms with Crippen molar-refractivity contribution in [2.45, 2.75) is 20.8 Å². The van der Waals surface area contributed by atoms with Crippen molar-refractivity contribution in [2.75, 3.05) is 11.1 Å². The number of aryl methyl sites for hydroxylation is 3. The Hall–Kier alpha value is -2.76. The summed E-state index contributed by atoms with van der Waals surface area (Å²) in [6.45, 7) is 6.10. The molecule has 3 rings (SSSR count). The van der Waals surface area contributed by atoms with E-state index in [-0.39, 0.29) is 0 Å². The fraction of sp³-hybridized carbons (Fsp3) is 0.294. The quantitative estimate of drug-likeness (QED) is 0.704. The predicted molar refractivity (Wildman–Crippen MR) is 90.2 cm³/mol. The van der Waals surface area contributed by atoms with E-state index in [4.69, 9.17) is 5.73 Å². The second-order valence-corrected chi connectivity index (χ2v) is 5.87. The van der Waals surface area contributed by atoms with Crippen LogP contribution in [0.25, 0.3) is 11.0 Å². The molecule has 0 aliphatic heterocycles. The van der Waals surface area contributed by atoms with Gasteiger partial charge < -0.3 is 5.32 Å². The molecule has 0 fully saturated rings. The van der Waals surface area contributed by atoms with Gasteiger partial charge in [-0.2, -0.15) is 4.57 Å². The van der Waals surface area contributed by atoms with Gasteiger partial charge in [-0.1, -0.05) is 4.98 Å². The SMILES string of the molecule is Cc1nc2ccc(Nc3cc(C)[n+](C)c(N)n3)cc2[n+](C)c1C. The minimum Gasteiger partial charge on any atom is -0.326 e. The van der Waals surface area contributed by atoms with E-state index in [1.54, 1.807) is 0 Å². The van der Waals surface area contributed by atoms with Crippen molar-refractivity contribution >= 4 is 28.5 Å². The van der Waals surface area contributed by atoms with Crippen LogP contribution in [0.3, 0.4) is 0 Å². The monoisotopic (exact) mass is 310 g/mol. The molecule has 0 amide bonds. The van der Waals surface area contributed by atoms with E-state index in [1.807, 2.05) is 43.7 Å². The van der Waals surface area contributed by atoms with Crippen LogP contribution in [0, 0.1) is 20.8 Å². The van der Waals surface area contributed by atoms with Gasteiger partial charge in [0, 0.05) is 24.7 Å². The molecule has 6 nitrogen and oxygen atoms in total. The first-order valence-electron chi connectivity index (χ1n) is 7.54. The van der Waals surface area contributed by atoms with Crippen LogP contribution in [0.2, 0.25) is 0 Å². The van der Waals surface area contributed by atoms with Gasteiger partial charge in [-0.15, -0.1) is 0 Å². The Kier molecular flexibility index (Phi) is 3.60. The van der Waals surface area contributed by atoms with Crippen LogP contribution < -0.4 is 20.2 Å². The van der Waals surface area contributed by atoms with Gasteiger partial charge >= 0.3 is 5.95 Å². The smallest absolute Gasteiger partial charge is 0.326 e. The van der Waals surface area contributed by atoms with Gasteiger partial charge in [0.25, 0.3) is 0 Å². The van der Waals surface area contributed by atoms with Crippen molar-refractivity contribution in [1.29, 1.82) is 0 Å². The molecule has 2 aromatic heterocycles. The lowest BCUT2D eigenvalue weighted by Crippen LogP contribution is -2.36. The van der Waals surface area contributed by atoms with Crippen molar-refractivity contribution in [2.24, 2.45) is 14.1 Å². The third-order valence-corrected chi connectivity index (χ3v) is 4.38. The standard InChI is InChI=1S/C17H20N6/c1-10-8-16(21-17(18)22(10)4)20-13-6-7-14-15(9-13)23(5)12(3)11(2)19-14/h6-9,18H,1-5H3/p+2. The Morgan fingerprint density at radius 2 is 1.74 bits per heavy atom. The minimum absolute atomic E-state index is 0.479. The fourth-order valence-electron chi connectivity index (χ4n) is 2.57. The molecule has 1 aromatic carbocycles. The van der Waals surface area contributed by atoms with Gasteiger partial charge in [-0.3, -0.25) is 5.73 Å². The summed E-state index contributed by atoms with van der Waals surface area (Å²) < 4.78 is 4.00. The van der Waals surface area contributed by atoms with E-state index in [0.29, 0.717) is 5.95 Å². The molecule has 0 aliphatic rings. The van der Waals surface area contributed by atoms with Gasteiger partial charge in [-0.05, 0) is 26.0 Å². The number of anilines is 3. The highest BCUT2D eigenvalue weighted by Gasteiger charge is 2.15. The highest BCUT2D eigenvalue weighted by Crippen LogP contribution is 2.20. The molecule has 2 heterocycles. The predicted octanol–water partition coefficient (Wildman–Crippen LogP) is 1.53. The molecule has 23 heavy (non-hydrogen) atoms. The van der Waals surface area contributed by atoms with Gasteiger partial charge in [-0.25, -0.2) is 9.55 Å². The zero-order valence-electron chi connectivity index (χ0n) is 14.2. The van der Waals surface area contributed by atoms with E-state index in [2.05, 4.69) is 39.9 Å². The molecule has 118 valence electrons. The molecule has 0 atom stereocenters. The van der Waals surface area contributed by atoms with Crippen molar-refractivity contribution in [1.82, 2.24) is 9.97 Å². The van der Waals surface area contributed by atoms with E-state index < -0.39 is 0 Å². The molecular weight excluding hydrogens is 288 g/mol. The number of nitrogen functional groups attached to an aromatic ring is 1. The maximum Gasteiger partial charge on any atom is 0.391 e. The molecule has 0 aliphatic carbocycles. The molecule has 6 heteroatoms. The summed E-state index contributed by atoms with van der Waals surface area (Å²) in [5, 5.41) is 3.32. The van der Waals surface area contributed by atoms with Crippen LogP contribution in [0.1, 0.15) is 17.1 Å². The summed E-state index contributed by atoms with van der Waals surface area (Å²) in [7, 11) is 3.95. The number of hydrogen-bond acceptors (Lipinski definition) is 4. The summed E-state index contributed by atoms with van der Waals surface area (Å²) >= 11 is 0.